The van der Waals surface area contributed by atoms with Gasteiger partial charge in [-0.05, 0) is 47.9 Å². The van der Waals surface area contributed by atoms with Crippen LogP contribution in [0.15, 0.2) is 29.4 Å². The number of ether oxygens (including phenoxy) is 3. The third-order valence-corrected chi connectivity index (χ3v) is 5.38. The average Bonchev–Trinajstić information content (AvgIpc) is 3.38. The van der Waals surface area contributed by atoms with Gasteiger partial charge in [0, 0.05) is 12.4 Å². The Hall–Kier alpha value is -2.10. The van der Waals surface area contributed by atoms with E-state index in [1.54, 1.807) is 11.8 Å². The molecule has 0 amide bonds. The minimum atomic E-state index is -0.669. The summed E-state index contributed by atoms with van der Waals surface area (Å²) in [4.78, 5) is 0. The summed E-state index contributed by atoms with van der Waals surface area (Å²) in [7, 11) is 1.60. The highest BCUT2D eigenvalue weighted by atomic mass is 32.2. The maximum Gasteiger partial charge on any atom is 0.209 e. The Morgan fingerprint density at radius 2 is 2.32 bits per heavy atom. The van der Waals surface area contributed by atoms with Crippen molar-refractivity contribution in [3.63, 3.8) is 0 Å². The van der Waals surface area contributed by atoms with E-state index < -0.39 is 6.10 Å². The maximum atomic E-state index is 10.3. The quantitative estimate of drug-likeness (QED) is 0.602. The summed E-state index contributed by atoms with van der Waals surface area (Å²) in [6, 6.07) is 5.68. The number of tetrazole rings is 1. The standard InChI is InChI=1S/C19H26N4O4S/c1-3-5-14-7-8-17(18(10-14)25-2)27-12-15(24)13-28-19-20-21-22-23(19)11-16-6-4-9-26-16/h3,5,7-8,10,15-16,24H,4,6,9,11-13H2,1-2H3/b5-3+. The van der Waals surface area contributed by atoms with Gasteiger partial charge in [0.2, 0.25) is 5.16 Å². The van der Waals surface area contributed by atoms with Gasteiger partial charge in [-0.25, -0.2) is 4.68 Å². The van der Waals surface area contributed by atoms with Gasteiger partial charge in [-0.2, -0.15) is 0 Å². The minimum Gasteiger partial charge on any atom is -0.493 e. The van der Waals surface area contributed by atoms with E-state index in [0.717, 1.165) is 25.0 Å². The summed E-state index contributed by atoms with van der Waals surface area (Å²) in [5.41, 5.74) is 1.03. The lowest BCUT2D eigenvalue weighted by Gasteiger charge is -2.15. The van der Waals surface area contributed by atoms with E-state index >= 15 is 0 Å². The summed E-state index contributed by atoms with van der Waals surface area (Å²) < 4.78 is 18.5. The molecule has 28 heavy (non-hydrogen) atoms. The molecule has 3 rings (SSSR count). The highest BCUT2D eigenvalue weighted by Crippen LogP contribution is 2.29. The van der Waals surface area contributed by atoms with Crippen molar-refractivity contribution in [2.24, 2.45) is 0 Å². The molecule has 0 radical (unpaired) electrons. The van der Waals surface area contributed by atoms with Crippen molar-refractivity contribution in [1.82, 2.24) is 20.2 Å². The number of nitrogens with zero attached hydrogens (tertiary/aromatic N) is 4. The molecule has 8 nitrogen and oxygen atoms in total. The molecule has 2 unspecified atom stereocenters. The van der Waals surface area contributed by atoms with Crippen LogP contribution in [0.2, 0.25) is 0 Å². The summed E-state index contributed by atoms with van der Waals surface area (Å²) in [5, 5.41) is 22.7. The maximum absolute atomic E-state index is 10.3. The summed E-state index contributed by atoms with van der Waals surface area (Å²) >= 11 is 1.40. The van der Waals surface area contributed by atoms with Gasteiger partial charge in [0.05, 0.1) is 25.9 Å². The van der Waals surface area contributed by atoms with E-state index in [1.807, 2.05) is 37.3 Å². The van der Waals surface area contributed by atoms with E-state index in [1.165, 1.54) is 11.8 Å². The Kier molecular flexibility index (Phi) is 7.70. The molecule has 2 atom stereocenters. The van der Waals surface area contributed by atoms with Crippen molar-refractivity contribution in [3.8, 4) is 11.5 Å². The lowest BCUT2D eigenvalue weighted by Crippen LogP contribution is -2.21. The second-order valence-electron chi connectivity index (χ2n) is 6.46. The van der Waals surface area contributed by atoms with Crippen molar-refractivity contribution >= 4 is 17.8 Å². The minimum absolute atomic E-state index is 0.152. The van der Waals surface area contributed by atoms with Gasteiger partial charge in [0.15, 0.2) is 11.5 Å². The first kappa shape index (κ1) is 20.6. The predicted octanol–water partition coefficient (Wildman–Crippen LogP) is 2.43. The lowest BCUT2D eigenvalue weighted by atomic mass is 10.2. The Balaban J connectivity index is 1.49. The highest BCUT2D eigenvalue weighted by molar-refractivity contribution is 7.99. The molecule has 0 spiro atoms. The van der Waals surface area contributed by atoms with Crippen molar-refractivity contribution in [2.45, 2.75) is 43.7 Å². The van der Waals surface area contributed by atoms with Crippen LogP contribution >= 0.6 is 11.8 Å². The Labute approximate surface area is 168 Å². The van der Waals surface area contributed by atoms with E-state index in [9.17, 15) is 5.11 Å². The molecular formula is C19H26N4O4S. The molecule has 1 aliphatic rings. The highest BCUT2D eigenvalue weighted by Gasteiger charge is 2.19. The number of aliphatic hydroxyl groups excluding tert-OH is 1. The summed E-state index contributed by atoms with van der Waals surface area (Å²) in [6.07, 6.45) is 5.54. The van der Waals surface area contributed by atoms with Crippen molar-refractivity contribution in [2.75, 3.05) is 26.1 Å². The second kappa shape index (κ2) is 10.4. The average molecular weight is 407 g/mol. The molecule has 0 bridgehead atoms. The molecule has 1 fully saturated rings. The van der Waals surface area contributed by atoms with Crippen LogP contribution in [-0.4, -0.2) is 63.6 Å². The van der Waals surface area contributed by atoms with Crippen LogP contribution < -0.4 is 9.47 Å². The predicted molar refractivity (Wildman–Crippen MR) is 107 cm³/mol. The van der Waals surface area contributed by atoms with Crippen LogP contribution in [0, 0.1) is 0 Å². The molecule has 0 saturated carbocycles. The van der Waals surface area contributed by atoms with Gasteiger partial charge < -0.3 is 19.3 Å². The number of aliphatic hydroxyl groups is 1. The fraction of sp³-hybridized carbons (Fsp3) is 0.526. The topological polar surface area (TPSA) is 91.5 Å². The van der Waals surface area contributed by atoms with Crippen LogP contribution in [0.5, 0.6) is 11.5 Å². The molecule has 1 aromatic heterocycles. The first-order valence-corrected chi connectivity index (χ1v) is 10.3. The molecule has 1 aromatic carbocycles. The van der Waals surface area contributed by atoms with Gasteiger partial charge in [0.1, 0.15) is 6.61 Å². The number of aromatic nitrogens is 4. The number of hydrogen-bond donors (Lipinski definition) is 1. The van der Waals surface area contributed by atoms with Crippen molar-refractivity contribution in [1.29, 1.82) is 0 Å². The number of allylic oxidation sites excluding steroid dienone is 1. The molecule has 0 aliphatic carbocycles. The zero-order chi connectivity index (χ0) is 19.8. The van der Waals surface area contributed by atoms with Gasteiger partial charge in [-0.1, -0.05) is 30.0 Å². The second-order valence-corrected chi connectivity index (χ2v) is 7.45. The van der Waals surface area contributed by atoms with E-state index in [2.05, 4.69) is 15.5 Å². The monoisotopic (exact) mass is 406 g/mol. The van der Waals surface area contributed by atoms with E-state index in [0.29, 0.717) is 29.0 Å². The molecular weight excluding hydrogens is 380 g/mol. The molecule has 1 saturated heterocycles. The van der Waals surface area contributed by atoms with Gasteiger partial charge >= 0.3 is 0 Å². The van der Waals surface area contributed by atoms with Crippen molar-refractivity contribution in [3.05, 3.63) is 29.8 Å². The van der Waals surface area contributed by atoms with Gasteiger partial charge in [-0.3, -0.25) is 0 Å². The molecule has 1 N–H and O–H groups in total. The molecule has 9 heteroatoms. The van der Waals surface area contributed by atoms with Crippen LogP contribution in [0.4, 0.5) is 0 Å². The first-order chi connectivity index (χ1) is 13.7. The fourth-order valence-electron chi connectivity index (χ4n) is 2.90. The zero-order valence-electron chi connectivity index (χ0n) is 16.2. The number of benzene rings is 1. The van der Waals surface area contributed by atoms with Crippen LogP contribution in [0.1, 0.15) is 25.3 Å². The Morgan fingerprint density at radius 3 is 3.07 bits per heavy atom. The number of thioether (sulfide) groups is 1. The van der Waals surface area contributed by atoms with Crippen molar-refractivity contribution < 1.29 is 19.3 Å². The molecule has 2 aromatic rings. The summed E-state index contributed by atoms with van der Waals surface area (Å²) in [5.74, 6) is 1.66. The number of rotatable bonds is 10. The fourth-order valence-corrected chi connectivity index (χ4v) is 3.69. The first-order valence-electron chi connectivity index (χ1n) is 9.31. The van der Waals surface area contributed by atoms with Crippen LogP contribution in [-0.2, 0) is 11.3 Å². The van der Waals surface area contributed by atoms with E-state index in [-0.39, 0.29) is 12.7 Å². The smallest absolute Gasteiger partial charge is 0.209 e. The lowest BCUT2D eigenvalue weighted by molar-refractivity contribution is 0.0911. The Bertz CT molecular complexity index is 777. The normalized spacial score (nSPS) is 17.9. The van der Waals surface area contributed by atoms with E-state index in [4.69, 9.17) is 14.2 Å². The molecule has 152 valence electrons. The van der Waals surface area contributed by atoms with Crippen LogP contribution in [0.3, 0.4) is 0 Å². The third-order valence-electron chi connectivity index (χ3n) is 4.28. The van der Waals surface area contributed by atoms with Gasteiger partial charge in [-0.15, -0.1) is 5.10 Å². The number of hydrogen-bond acceptors (Lipinski definition) is 8. The van der Waals surface area contributed by atoms with Crippen LogP contribution in [0.25, 0.3) is 6.08 Å². The van der Waals surface area contributed by atoms with Gasteiger partial charge in [0.25, 0.3) is 0 Å². The Morgan fingerprint density at radius 1 is 1.43 bits per heavy atom. The molecule has 1 aliphatic heterocycles. The largest absolute Gasteiger partial charge is 0.493 e. The number of methoxy groups -OCH3 is 1. The molecule has 2 heterocycles. The zero-order valence-corrected chi connectivity index (χ0v) is 17.0. The third kappa shape index (κ3) is 5.70. The SMILES string of the molecule is C/C=C/c1ccc(OCC(O)CSc2nnnn2CC2CCCO2)c(OC)c1. The summed E-state index contributed by atoms with van der Waals surface area (Å²) in [6.45, 7) is 3.55.